The second kappa shape index (κ2) is 7.41. The fourth-order valence-corrected chi connectivity index (χ4v) is 1.67. The van der Waals surface area contributed by atoms with Crippen LogP contribution in [0.15, 0.2) is 30.3 Å². The highest BCUT2D eigenvalue weighted by Gasteiger charge is 2.22. The van der Waals surface area contributed by atoms with Gasteiger partial charge in [-0.2, -0.15) is 0 Å². The van der Waals surface area contributed by atoms with Crippen LogP contribution in [0.3, 0.4) is 0 Å². The van der Waals surface area contributed by atoms with E-state index in [1.807, 2.05) is 30.3 Å². The van der Waals surface area contributed by atoms with Crippen molar-refractivity contribution in [1.82, 2.24) is 10.6 Å². The molecule has 5 nitrogen and oxygen atoms in total. The highest BCUT2D eigenvalue weighted by Crippen LogP contribution is 2.01. The Morgan fingerprint density at radius 3 is 2.37 bits per heavy atom. The van der Waals surface area contributed by atoms with E-state index >= 15 is 0 Å². The van der Waals surface area contributed by atoms with E-state index in [-0.39, 0.29) is 5.92 Å². The minimum absolute atomic E-state index is 0.155. The molecule has 0 aromatic heterocycles. The molecule has 1 atom stereocenters. The number of carboxylic acids is 1. The van der Waals surface area contributed by atoms with E-state index in [1.165, 1.54) is 0 Å². The van der Waals surface area contributed by atoms with E-state index in [0.29, 0.717) is 13.0 Å². The molecule has 19 heavy (non-hydrogen) atoms. The summed E-state index contributed by atoms with van der Waals surface area (Å²) in [5, 5.41) is 14.1. The van der Waals surface area contributed by atoms with Crippen LogP contribution in [0.25, 0.3) is 0 Å². The molecule has 1 aromatic rings. The van der Waals surface area contributed by atoms with E-state index in [0.717, 1.165) is 5.56 Å². The lowest BCUT2D eigenvalue weighted by Gasteiger charge is -2.18. The number of carboxylic acid groups (broad SMARTS) is 1. The number of aliphatic carboxylic acids is 1. The van der Waals surface area contributed by atoms with Crippen LogP contribution in [0.5, 0.6) is 0 Å². The molecule has 2 amide bonds. The fourth-order valence-electron chi connectivity index (χ4n) is 1.67. The molecule has 0 aliphatic carbocycles. The molecule has 0 spiro atoms. The smallest absolute Gasteiger partial charge is 0.326 e. The first kappa shape index (κ1) is 15.0. The van der Waals surface area contributed by atoms with Gasteiger partial charge in [-0.25, -0.2) is 9.59 Å². The third-order valence-corrected chi connectivity index (χ3v) is 2.76. The standard InChI is InChI=1S/C14H20N2O3/c1-10(2)12(13(17)18)16-14(19)15-9-8-11-6-4-3-5-7-11/h3-7,10,12H,8-9H2,1-2H3,(H,17,18)(H2,15,16,19)/t12-/m0/s1. The summed E-state index contributed by atoms with van der Waals surface area (Å²) < 4.78 is 0. The van der Waals surface area contributed by atoms with E-state index in [4.69, 9.17) is 5.11 Å². The molecule has 0 aliphatic heterocycles. The Balaban J connectivity index is 2.33. The molecule has 104 valence electrons. The van der Waals surface area contributed by atoms with Gasteiger partial charge in [-0.1, -0.05) is 44.2 Å². The molecule has 1 aromatic carbocycles. The number of nitrogens with one attached hydrogen (secondary N) is 2. The van der Waals surface area contributed by atoms with Gasteiger partial charge in [0.15, 0.2) is 0 Å². The Kier molecular flexibility index (Phi) is 5.85. The Bertz CT molecular complexity index is 418. The van der Waals surface area contributed by atoms with Crippen molar-refractivity contribution in [2.24, 2.45) is 5.92 Å². The van der Waals surface area contributed by atoms with Crippen molar-refractivity contribution in [3.05, 3.63) is 35.9 Å². The van der Waals surface area contributed by atoms with Crippen molar-refractivity contribution < 1.29 is 14.7 Å². The third-order valence-electron chi connectivity index (χ3n) is 2.76. The van der Waals surface area contributed by atoms with E-state index in [1.54, 1.807) is 13.8 Å². The summed E-state index contributed by atoms with van der Waals surface area (Å²) >= 11 is 0. The topological polar surface area (TPSA) is 78.4 Å². The SMILES string of the molecule is CC(C)[C@H](NC(=O)NCCc1ccccc1)C(=O)O. The average Bonchev–Trinajstić information content (AvgIpc) is 2.36. The number of urea groups is 1. The van der Waals surface area contributed by atoms with Gasteiger partial charge in [0, 0.05) is 6.54 Å². The average molecular weight is 264 g/mol. The number of benzene rings is 1. The van der Waals surface area contributed by atoms with Crippen LogP contribution in [-0.2, 0) is 11.2 Å². The Hall–Kier alpha value is -2.04. The predicted molar refractivity (Wildman–Crippen MR) is 72.9 cm³/mol. The van der Waals surface area contributed by atoms with Gasteiger partial charge in [-0.05, 0) is 17.9 Å². The maximum Gasteiger partial charge on any atom is 0.326 e. The van der Waals surface area contributed by atoms with E-state index < -0.39 is 18.0 Å². The number of carbonyl (C=O) groups is 2. The van der Waals surface area contributed by atoms with Crippen LogP contribution in [-0.4, -0.2) is 29.7 Å². The zero-order chi connectivity index (χ0) is 14.3. The summed E-state index contributed by atoms with van der Waals surface area (Å²) in [6.45, 7) is 3.98. The first-order chi connectivity index (χ1) is 9.00. The lowest BCUT2D eigenvalue weighted by atomic mass is 10.1. The lowest BCUT2D eigenvalue weighted by Crippen LogP contribution is -2.48. The number of carbonyl (C=O) groups excluding carboxylic acids is 1. The highest BCUT2D eigenvalue weighted by molar-refractivity contribution is 5.82. The largest absolute Gasteiger partial charge is 0.480 e. The molecule has 0 aliphatic rings. The number of amides is 2. The monoisotopic (exact) mass is 264 g/mol. The van der Waals surface area contributed by atoms with Crippen LogP contribution < -0.4 is 10.6 Å². The molecule has 3 N–H and O–H groups in total. The summed E-state index contributed by atoms with van der Waals surface area (Å²) in [6.07, 6.45) is 0.716. The van der Waals surface area contributed by atoms with Crippen molar-refractivity contribution >= 4 is 12.0 Å². The minimum atomic E-state index is -1.02. The van der Waals surface area contributed by atoms with Gasteiger partial charge < -0.3 is 15.7 Å². The summed E-state index contributed by atoms with van der Waals surface area (Å²) in [5.41, 5.74) is 1.13. The van der Waals surface area contributed by atoms with Crippen molar-refractivity contribution in [2.45, 2.75) is 26.3 Å². The maximum atomic E-state index is 11.6. The molecule has 0 saturated heterocycles. The summed E-state index contributed by atoms with van der Waals surface area (Å²) in [4.78, 5) is 22.5. The molecule has 0 saturated carbocycles. The molecule has 0 unspecified atom stereocenters. The molecule has 0 fully saturated rings. The fraction of sp³-hybridized carbons (Fsp3) is 0.429. The second-order valence-corrected chi connectivity index (χ2v) is 4.70. The van der Waals surface area contributed by atoms with Gasteiger partial charge in [0.25, 0.3) is 0 Å². The maximum absolute atomic E-state index is 11.6. The van der Waals surface area contributed by atoms with Crippen LogP contribution in [0.4, 0.5) is 4.79 Å². The predicted octanol–water partition coefficient (Wildman–Crippen LogP) is 1.64. The number of hydrogen-bond acceptors (Lipinski definition) is 2. The Labute approximate surface area is 113 Å². The molecular weight excluding hydrogens is 244 g/mol. The number of rotatable bonds is 6. The molecular formula is C14H20N2O3. The van der Waals surface area contributed by atoms with Gasteiger partial charge >= 0.3 is 12.0 Å². The lowest BCUT2D eigenvalue weighted by molar-refractivity contribution is -0.140. The van der Waals surface area contributed by atoms with Gasteiger partial charge in [0.1, 0.15) is 6.04 Å². The van der Waals surface area contributed by atoms with Crippen LogP contribution in [0, 0.1) is 5.92 Å². The first-order valence-electron chi connectivity index (χ1n) is 6.32. The summed E-state index contributed by atoms with van der Waals surface area (Å²) in [7, 11) is 0. The van der Waals surface area contributed by atoms with Crippen molar-refractivity contribution in [1.29, 1.82) is 0 Å². The summed E-state index contributed by atoms with van der Waals surface area (Å²) in [5.74, 6) is -1.18. The van der Waals surface area contributed by atoms with Gasteiger partial charge in [0.05, 0.1) is 0 Å². The van der Waals surface area contributed by atoms with Crippen molar-refractivity contribution in [3.63, 3.8) is 0 Å². The zero-order valence-corrected chi connectivity index (χ0v) is 11.2. The Morgan fingerprint density at radius 2 is 1.84 bits per heavy atom. The third kappa shape index (κ3) is 5.42. The summed E-state index contributed by atoms with van der Waals surface area (Å²) in [6, 6.07) is 8.46. The molecule has 5 heteroatoms. The minimum Gasteiger partial charge on any atom is -0.480 e. The Morgan fingerprint density at radius 1 is 1.21 bits per heavy atom. The van der Waals surface area contributed by atoms with Gasteiger partial charge in [0.2, 0.25) is 0 Å². The molecule has 0 radical (unpaired) electrons. The normalized spacial score (nSPS) is 11.9. The first-order valence-corrected chi connectivity index (χ1v) is 6.32. The second-order valence-electron chi connectivity index (χ2n) is 4.70. The zero-order valence-electron chi connectivity index (χ0n) is 11.2. The molecule has 0 bridgehead atoms. The molecule has 0 heterocycles. The highest BCUT2D eigenvalue weighted by atomic mass is 16.4. The van der Waals surface area contributed by atoms with Crippen LogP contribution in [0.2, 0.25) is 0 Å². The van der Waals surface area contributed by atoms with Gasteiger partial charge in [-0.3, -0.25) is 0 Å². The van der Waals surface area contributed by atoms with E-state index in [2.05, 4.69) is 10.6 Å². The van der Waals surface area contributed by atoms with Crippen LogP contribution >= 0.6 is 0 Å². The van der Waals surface area contributed by atoms with Crippen molar-refractivity contribution in [2.75, 3.05) is 6.54 Å². The molecule has 1 rings (SSSR count). The van der Waals surface area contributed by atoms with Gasteiger partial charge in [-0.15, -0.1) is 0 Å². The number of hydrogen-bond donors (Lipinski definition) is 3. The van der Waals surface area contributed by atoms with Crippen LogP contribution in [0.1, 0.15) is 19.4 Å². The van der Waals surface area contributed by atoms with E-state index in [9.17, 15) is 9.59 Å². The van der Waals surface area contributed by atoms with Crippen molar-refractivity contribution in [3.8, 4) is 0 Å². The quantitative estimate of drug-likeness (QED) is 0.731.